The number of carbonyl (C=O) groups excluding carboxylic acids is 1. The van der Waals surface area contributed by atoms with Crippen LogP contribution in [-0.4, -0.2) is 42.0 Å². The molecule has 1 N–H and O–H groups in total. The van der Waals surface area contributed by atoms with E-state index in [4.69, 9.17) is 11.6 Å². The van der Waals surface area contributed by atoms with E-state index in [0.29, 0.717) is 16.4 Å². The zero-order valence-corrected chi connectivity index (χ0v) is 15.4. The number of amides is 1. The van der Waals surface area contributed by atoms with Crippen LogP contribution in [0.3, 0.4) is 0 Å². The van der Waals surface area contributed by atoms with Crippen LogP contribution in [0.2, 0.25) is 5.02 Å². The number of benzene rings is 1. The van der Waals surface area contributed by atoms with Crippen molar-refractivity contribution in [1.82, 2.24) is 15.2 Å². The van der Waals surface area contributed by atoms with Crippen LogP contribution in [0.25, 0.3) is 10.6 Å². The van der Waals surface area contributed by atoms with Crippen molar-refractivity contribution >= 4 is 28.8 Å². The lowest BCUT2D eigenvalue weighted by Gasteiger charge is -2.30. The highest BCUT2D eigenvalue weighted by molar-refractivity contribution is 7.17. The van der Waals surface area contributed by atoms with Gasteiger partial charge >= 0.3 is 0 Å². The van der Waals surface area contributed by atoms with Crippen molar-refractivity contribution in [2.24, 2.45) is 5.92 Å². The minimum absolute atomic E-state index is 0.0591. The van der Waals surface area contributed by atoms with Gasteiger partial charge in [-0.25, -0.2) is 4.98 Å². The lowest BCUT2D eigenvalue weighted by molar-refractivity contribution is 0.0948. The number of carbonyl (C=O) groups is 1. The van der Waals surface area contributed by atoms with E-state index >= 15 is 0 Å². The van der Waals surface area contributed by atoms with Crippen molar-refractivity contribution in [3.63, 3.8) is 0 Å². The van der Waals surface area contributed by atoms with Crippen LogP contribution in [0.1, 0.15) is 29.4 Å². The summed E-state index contributed by atoms with van der Waals surface area (Å²) < 4.78 is 0. The molecule has 2 heterocycles. The second kappa shape index (κ2) is 8.10. The Morgan fingerprint density at radius 1 is 1.38 bits per heavy atom. The largest absolute Gasteiger partial charge is 0.350 e. The minimum atomic E-state index is -0.0591. The Balaban J connectivity index is 1.52. The molecule has 1 saturated heterocycles. The highest BCUT2D eigenvalue weighted by Crippen LogP contribution is 2.30. The fourth-order valence-electron chi connectivity index (χ4n) is 2.84. The van der Waals surface area contributed by atoms with E-state index in [0.717, 1.165) is 36.1 Å². The molecule has 3 rings (SSSR count). The number of rotatable bonds is 5. The molecule has 1 aromatic carbocycles. The van der Waals surface area contributed by atoms with Crippen LogP contribution in [0, 0.1) is 5.92 Å². The summed E-state index contributed by atoms with van der Waals surface area (Å²) in [7, 11) is 0. The first-order chi connectivity index (χ1) is 11.6. The molecule has 4 nitrogen and oxygen atoms in total. The molecule has 1 aliphatic heterocycles. The second-order valence-corrected chi connectivity index (χ2v) is 7.73. The first-order valence-corrected chi connectivity index (χ1v) is 9.54. The normalized spacial score (nSPS) is 16.2. The molecule has 0 spiro atoms. The van der Waals surface area contributed by atoms with Crippen LogP contribution < -0.4 is 5.32 Å². The van der Waals surface area contributed by atoms with E-state index < -0.39 is 0 Å². The van der Waals surface area contributed by atoms with Gasteiger partial charge in [-0.15, -0.1) is 11.3 Å². The Hall–Kier alpha value is -1.43. The van der Waals surface area contributed by atoms with Gasteiger partial charge in [0.2, 0.25) is 0 Å². The van der Waals surface area contributed by atoms with Crippen LogP contribution in [0.15, 0.2) is 30.5 Å². The molecule has 2 aromatic rings. The van der Waals surface area contributed by atoms with Crippen molar-refractivity contribution < 1.29 is 4.79 Å². The molecule has 1 aromatic heterocycles. The van der Waals surface area contributed by atoms with Gasteiger partial charge in [-0.1, -0.05) is 36.7 Å². The molecule has 0 unspecified atom stereocenters. The van der Waals surface area contributed by atoms with Gasteiger partial charge in [0.1, 0.15) is 9.88 Å². The second-order valence-electron chi connectivity index (χ2n) is 6.29. The standard InChI is InChI=1S/C18H22ClN3OS/c1-13-6-9-22(10-7-13)11-8-20-17(23)16-12-21-18(24-16)14-4-2-3-5-15(14)19/h2-5,12-13H,6-11H2,1H3,(H,20,23). The number of aromatic nitrogens is 1. The third-order valence-corrected chi connectivity index (χ3v) is 5.78. The fraction of sp³-hybridized carbons (Fsp3) is 0.444. The predicted molar refractivity (Wildman–Crippen MR) is 99.7 cm³/mol. The number of nitrogens with zero attached hydrogens (tertiary/aromatic N) is 2. The molecule has 0 atom stereocenters. The van der Waals surface area contributed by atoms with E-state index in [2.05, 4.69) is 22.1 Å². The topological polar surface area (TPSA) is 45.2 Å². The maximum atomic E-state index is 12.3. The Kier molecular flexibility index (Phi) is 5.87. The summed E-state index contributed by atoms with van der Waals surface area (Å²) >= 11 is 7.56. The molecule has 0 aliphatic carbocycles. The zero-order chi connectivity index (χ0) is 16.9. The number of halogens is 1. The average molecular weight is 364 g/mol. The molecule has 0 radical (unpaired) electrons. The maximum Gasteiger partial charge on any atom is 0.263 e. The van der Waals surface area contributed by atoms with Gasteiger partial charge in [0.05, 0.1) is 11.2 Å². The van der Waals surface area contributed by atoms with Crippen LogP contribution in [0.5, 0.6) is 0 Å². The molecule has 0 bridgehead atoms. The highest BCUT2D eigenvalue weighted by atomic mass is 35.5. The molecule has 24 heavy (non-hydrogen) atoms. The Morgan fingerprint density at radius 3 is 2.88 bits per heavy atom. The van der Waals surface area contributed by atoms with Crippen molar-refractivity contribution in [1.29, 1.82) is 0 Å². The van der Waals surface area contributed by atoms with Gasteiger partial charge in [-0.05, 0) is 37.9 Å². The lowest BCUT2D eigenvalue weighted by atomic mass is 9.99. The number of nitrogens with one attached hydrogen (secondary N) is 1. The van der Waals surface area contributed by atoms with E-state index in [1.807, 2.05) is 24.3 Å². The first-order valence-electron chi connectivity index (χ1n) is 8.35. The van der Waals surface area contributed by atoms with Gasteiger partial charge < -0.3 is 10.2 Å². The Bertz CT molecular complexity index is 695. The third kappa shape index (κ3) is 4.35. The number of hydrogen-bond acceptors (Lipinski definition) is 4. The van der Waals surface area contributed by atoms with Crippen molar-refractivity contribution in [3.05, 3.63) is 40.4 Å². The van der Waals surface area contributed by atoms with Crippen molar-refractivity contribution in [3.8, 4) is 10.6 Å². The predicted octanol–water partition coefficient (Wildman–Crippen LogP) is 3.93. The van der Waals surface area contributed by atoms with Crippen LogP contribution >= 0.6 is 22.9 Å². The van der Waals surface area contributed by atoms with E-state index in [9.17, 15) is 4.79 Å². The summed E-state index contributed by atoms with van der Waals surface area (Å²) in [4.78, 5) is 19.7. The van der Waals surface area contributed by atoms with Gasteiger partial charge in [0.25, 0.3) is 5.91 Å². The summed E-state index contributed by atoms with van der Waals surface area (Å²) in [5.41, 5.74) is 0.866. The Morgan fingerprint density at radius 2 is 2.12 bits per heavy atom. The van der Waals surface area contributed by atoms with Gasteiger partial charge in [0.15, 0.2) is 0 Å². The summed E-state index contributed by atoms with van der Waals surface area (Å²) in [5.74, 6) is 0.771. The fourth-order valence-corrected chi connectivity index (χ4v) is 3.99. The minimum Gasteiger partial charge on any atom is -0.350 e. The maximum absolute atomic E-state index is 12.3. The molecule has 1 aliphatic rings. The number of thiazole rings is 1. The smallest absolute Gasteiger partial charge is 0.263 e. The highest BCUT2D eigenvalue weighted by Gasteiger charge is 2.16. The number of likely N-dealkylation sites (tertiary alicyclic amines) is 1. The zero-order valence-electron chi connectivity index (χ0n) is 13.8. The summed E-state index contributed by atoms with van der Waals surface area (Å²) in [6.07, 6.45) is 4.13. The van der Waals surface area contributed by atoms with Crippen LogP contribution in [0.4, 0.5) is 0 Å². The summed E-state index contributed by atoms with van der Waals surface area (Å²) in [5, 5.41) is 4.42. The van der Waals surface area contributed by atoms with Gasteiger partial charge in [0, 0.05) is 18.7 Å². The summed E-state index contributed by atoms with van der Waals surface area (Å²) in [6.45, 7) is 6.16. The molecule has 1 fully saturated rings. The summed E-state index contributed by atoms with van der Waals surface area (Å²) in [6, 6.07) is 7.55. The number of piperidine rings is 1. The van der Waals surface area contributed by atoms with E-state index in [1.165, 1.54) is 24.2 Å². The van der Waals surface area contributed by atoms with E-state index in [1.54, 1.807) is 6.20 Å². The van der Waals surface area contributed by atoms with Gasteiger partial charge in [-0.3, -0.25) is 4.79 Å². The monoisotopic (exact) mass is 363 g/mol. The Labute approximate surface area is 151 Å². The van der Waals surface area contributed by atoms with Crippen LogP contribution in [-0.2, 0) is 0 Å². The SMILES string of the molecule is CC1CCN(CCNC(=O)c2cnc(-c3ccccc3Cl)s2)CC1. The quantitative estimate of drug-likeness (QED) is 0.875. The molecule has 6 heteroatoms. The molecule has 128 valence electrons. The first kappa shape index (κ1) is 17.4. The van der Waals surface area contributed by atoms with Crippen molar-refractivity contribution in [2.75, 3.05) is 26.2 Å². The molecular weight excluding hydrogens is 342 g/mol. The lowest BCUT2D eigenvalue weighted by Crippen LogP contribution is -2.39. The van der Waals surface area contributed by atoms with Crippen molar-refractivity contribution in [2.45, 2.75) is 19.8 Å². The average Bonchev–Trinajstić information content (AvgIpc) is 3.07. The number of hydrogen-bond donors (Lipinski definition) is 1. The van der Waals surface area contributed by atoms with Gasteiger partial charge in [-0.2, -0.15) is 0 Å². The van der Waals surface area contributed by atoms with E-state index in [-0.39, 0.29) is 5.91 Å². The molecule has 1 amide bonds. The molecule has 0 saturated carbocycles. The molecular formula is C18H22ClN3OS. The third-order valence-electron chi connectivity index (χ3n) is 4.42.